The zero-order valence-electron chi connectivity index (χ0n) is 12.0. The molecule has 0 amide bonds. The third-order valence-corrected chi connectivity index (χ3v) is 4.70. The van der Waals surface area contributed by atoms with Crippen molar-refractivity contribution in [3.63, 3.8) is 0 Å². The molecule has 0 bridgehead atoms. The van der Waals surface area contributed by atoms with Gasteiger partial charge in [0.25, 0.3) is 0 Å². The first kappa shape index (κ1) is 16.4. The van der Waals surface area contributed by atoms with Crippen molar-refractivity contribution in [1.82, 2.24) is 5.32 Å². The van der Waals surface area contributed by atoms with Gasteiger partial charge < -0.3 is 10.4 Å². The molecule has 2 aromatic carbocycles. The Balaban J connectivity index is 0.00000161. The first-order chi connectivity index (χ1) is 9.79. The second kappa shape index (κ2) is 7.34. The molecule has 0 saturated heterocycles. The second-order valence-corrected chi connectivity index (χ2v) is 5.99. The molecule has 4 heteroatoms. The molecule has 2 nitrogen and oxygen atoms in total. The molecule has 0 radical (unpaired) electrons. The minimum Gasteiger partial charge on any atom is -0.507 e. The molecular weight excluding hydrogens is 346 g/mol. The maximum Gasteiger partial charge on any atom is 0.129 e. The third kappa shape index (κ3) is 3.44. The summed E-state index contributed by atoms with van der Waals surface area (Å²) in [5.41, 5.74) is 3.92. The van der Waals surface area contributed by atoms with E-state index in [1.54, 1.807) is 11.8 Å². The molecule has 1 aliphatic heterocycles. The lowest BCUT2D eigenvalue weighted by Crippen LogP contribution is -2.20. The predicted octanol–water partition coefficient (Wildman–Crippen LogP) is 3.97. The minimum atomic E-state index is 0. The molecule has 1 heterocycles. The standard InChI is InChI=1S/C17H19NOS.BrH/c1-20-17-9-13-7-8-18-11-15(14(13)10-16(17)19)12-5-3-2-4-6-12;/h2-6,9-10,15,18-19H,7-8,11H2,1H3;1H. The smallest absolute Gasteiger partial charge is 0.129 e. The van der Waals surface area contributed by atoms with Crippen LogP contribution in [0.4, 0.5) is 0 Å². The SMILES string of the molecule is Br.CSc1cc2c(cc1O)C(c1ccccc1)CNCC2. The zero-order chi connectivity index (χ0) is 13.9. The summed E-state index contributed by atoms with van der Waals surface area (Å²) in [6, 6.07) is 14.7. The molecule has 0 fully saturated rings. The molecule has 1 aliphatic rings. The van der Waals surface area contributed by atoms with Gasteiger partial charge in [0, 0.05) is 17.4 Å². The molecule has 112 valence electrons. The van der Waals surface area contributed by atoms with E-state index in [-0.39, 0.29) is 17.0 Å². The van der Waals surface area contributed by atoms with E-state index in [1.165, 1.54) is 16.7 Å². The Hall–Kier alpha value is -0.970. The number of benzene rings is 2. The number of phenols is 1. The summed E-state index contributed by atoms with van der Waals surface area (Å²) >= 11 is 1.60. The van der Waals surface area contributed by atoms with Gasteiger partial charge in [0.15, 0.2) is 0 Å². The fourth-order valence-electron chi connectivity index (χ4n) is 2.89. The van der Waals surface area contributed by atoms with Crippen LogP contribution in [0, 0.1) is 0 Å². The lowest BCUT2D eigenvalue weighted by Gasteiger charge is -2.19. The molecule has 2 aromatic rings. The summed E-state index contributed by atoms with van der Waals surface area (Å²) in [5.74, 6) is 0.717. The van der Waals surface area contributed by atoms with Crippen LogP contribution < -0.4 is 5.32 Å². The van der Waals surface area contributed by atoms with E-state index in [1.807, 2.05) is 18.4 Å². The molecule has 0 saturated carbocycles. The Morgan fingerprint density at radius 1 is 1.19 bits per heavy atom. The van der Waals surface area contributed by atoms with Gasteiger partial charge in [0.2, 0.25) is 0 Å². The summed E-state index contributed by atoms with van der Waals surface area (Å²) in [7, 11) is 0. The van der Waals surface area contributed by atoms with Crippen molar-refractivity contribution in [1.29, 1.82) is 0 Å². The van der Waals surface area contributed by atoms with Crippen LogP contribution in [0.25, 0.3) is 0 Å². The van der Waals surface area contributed by atoms with Crippen molar-refractivity contribution in [2.75, 3.05) is 19.3 Å². The van der Waals surface area contributed by atoms with Crippen LogP contribution in [0.5, 0.6) is 5.75 Å². The summed E-state index contributed by atoms with van der Waals surface area (Å²) in [5, 5.41) is 13.7. The molecule has 2 N–H and O–H groups in total. The molecule has 0 spiro atoms. The van der Waals surface area contributed by atoms with E-state index >= 15 is 0 Å². The molecule has 0 aromatic heterocycles. The van der Waals surface area contributed by atoms with Crippen LogP contribution in [-0.4, -0.2) is 24.5 Å². The number of thioether (sulfide) groups is 1. The highest BCUT2D eigenvalue weighted by molar-refractivity contribution is 8.93. The highest BCUT2D eigenvalue weighted by Gasteiger charge is 2.21. The van der Waals surface area contributed by atoms with E-state index in [4.69, 9.17) is 0 Å². The van der Waals surface area contributed by atoms with E-state index in [0.29, 0.717) is 11.7 Å². The van der Waals surface area contributed by atoms with Crippen molar-refractivity contribution in [2.45, 2.75) is 17.2 Å². The van der Waals surface area contributed by atoms with Crippen LogP contribution in [0.2, 0.25) is 0 Å². The Morgan fingerprint density at radius 3 is 2.67 bits per heavy atom. The molecule has 3 rings (SSSR count). The number of hydrogen-bond donors (Lipinski definition) is 2. The lowest BCUT2D eigenvalue weighted by molar-refractivity contribution is 0.461. The van der Waals surface area contributed by atoms with Gasteiger partial charge in [0.05, 0.1) is 0 Å². The normalized spacial score (nSPS) is 17.5. The quantitative estimate of drug-likeness (QED) is 0.789. The van der Waals surface area contributed by atoms with E-state index in [2.05, 4.69) is 35.6 Å². The monoisotopic (exact) mass is 365 g/mol. The van der Waals surface area contributed by atoms with Crippen LogP contribution in [0.15, 0.2) is 47.4 Å². The Morgan fingerprint density at radius 2 is 1.95 bits per heavy atom. The van der Waals surface area contributed by atoms with Crippen LogP contribution in [0.1, 0.15) is 22.6 Å². The molecule has 1 unspecified atom stereocenters. The molecule has 21 heavy (non-hydrogen) atoms. The van der Waals surface area contributed by atoms with Gasteiger partial charge >= 0.3 is 0 Å². The number of fused-ring (bicyclic) bond motifs is 1. The highest BCUT2D eigenvalue weighted by atomic mass is 79.9. The van der Waals surface area contributed by atoms with Crippen LogP contribution >= 0.6 is 28.7 Å². The van der Waals surface area contributed by atoms with Gasteiger partial charge in [-0.15, -0.1) is 28.7 Å². The van der Waals surface area contributed by atoms with Gasteiger partial charge in [-0.1, -0.05) is 30.3 Å². The lowest BCUT2D eigenvalue weighted by atomic mass is 9.88. The Labute approximate surface area is 140 Å². The minimum absolute atomic E-state index is 0. The summed E-state index contributed by atoms with van der Waals surface area (Å²) < 4.78 is 0. The van der Waals surface area contributed by atoms with Gasteiger partial charge in [-0.2, -0.15) is 0 Å². The topological polar surface area (TPSA) is 32.3 Å². The average Bonchev–Trinajstić information content (AvgIpc) is 2.69. The number of phenolic OH excluding ortho intramolecular Hbond substituents is 1. The van der Waals surface area contributed by atoms with Gasteiger partial charge in [-0.05, 0) is 48.0 Å². The first-order valence-electron chi connectivity index (χ1n) is 6.95. The fraction of sp³-hybridized carbons (Fsp3) is 0.294. The average molecular weight is 366 g/mol. The van der Waals surface area contributed by atoms with Crippen molar-refractivity contribution in [3.8, 4) is 5.75 Å². The van der Waals surface area contributed by atoms with Gasteiger partial charge in [0.1, 0.15) is 5.75 Å². The number of rotatable bonds is 2. The summed E-state index contributed by atoms with van der Waals surface area (Å²) in [6.07, 6.45) is 3.03. The zero-order valence-corrected chi connectivity index (χ0v) is 14.5. The Kier molecular flexibility index (Phi) is 5.73. The van der Waals surface area contributed by atoms with E-state index in [9.17, 15) is 5.11 Å². The van der Waals surface area contributed by atoms with Crippen LogP contribution in [-0.2, 0) is 6.42 Å². The largest absolute Gasteiger partial charge is 0.507 e. The molecule has 1 atom stereocenters. The second-order valence-electron chi connectivity index (χ2n) is 5.14. The third-order valence-electron chi connectivity index (χ3n) is 3.94. The fourth-order valence-corrected chi connectivity index (χ4v) is 3.42. The number of nitrogens with one attached hydrogen (secondary N) is 1. The van der Waals surface area contributed by atoms with Gasteiger partial charge in [-0.3, -0.25) is 0 Å². The Bertz CT molecular complexity index is 603. The van der Waals surface area contributed by atoms with Crippen LogP contribution in [0.3, 0.4) is 0 Å². The first-order valence-corrected chi connectivity index (χ1v) is 8.17. The highest BCUT2D eigenvalue weighted by Crippen LogP contribution is 2.36. The maximum atomic E-state index is 10.2. The van der Waals surface area contributed by atoms with E-state index < -0.39 is 0 Å². The predicted molar refractivity (Wildman–Crippen MR) is 95.1 cm³/mol. The summed E-state index contributed by atoms with van der Waals surface area (Å²) in [4.78, 5) is 0.970. The van der Waals surface area contributed by atoms with Crippen molar-refractivity contribution >= 4 is 28.7 Å². The number of aromatic hydroxyl groups is 1. The van der Waals surface area contributed by atoms with Crippen molar-refractivity contribution in [3.05, 3.63) is 59.2 Å². The summed E-state index contributed by atoms with van der Waals surface area (Å²) in [6.45, 7) is 1.92. The van der Waals surface area contributed by atoms with Gasteiger partial charge in [-0.25, -0.2) is 0 Å². The molecular formula is C17H20BrNOS. The van der Waals surface area contributed by atoms with E-state index in [0.717, 1.165) is 24.4 Å². The number of halogens is 1. The number of hydrogen-bond acceptors (Lipinski definition) is 3. The van der Waals surface area contributed by atoms with Crippen molar-refractivity contribution < 1.29 is 5.11 Å². The maximum absolute atomic E-state index is 10.2. The van der Waals surface area contributed by atoms with Crippen molar-refractivity contribution in [2.24, 2.45) is 0 Å². The molecule has 0 aliphatic carbocycles.